The number of carbonyl (C=O) groups excluding carboxylic acids is 1. The van der Waals surface area contributed by atoms with Crippen molar-refractivity contribution in [3.63, 3.8) is 0 Å². The van der Waals surface area contributed by atoms with Crippen molar-refractivity contribution in [1.29, 1.82) is 0 Å². The molecule has 2 atom stereocenters. The summed E-state index contributed by atoms with van der Waals surface area (Å²) >= 11 is 1.84. The van der Waals surface area contributed by atoms with Gasteiger partial charge in [-0.1, -0.05) is 6.92 Å². The summed E-state index contributed by atoms with van der Waals surface area (Å²) in [5, 5.41) is 4.02. The highest BCUT2D eigenvalue weighted by atomic mass is 32.2. The molecule has 0 aromatic carbocycles. The number of thioether (sulfide) groups is 1. The maximum atomic E-state index is 12.4. The molecule has 1 amide bonds. The van der Waals surface area contributed by atoms with E-state index >= 15 is 0 Å². The number of hydrogen-bond acceptors (Lipinski definition) is 4. The van der Waals surface area contributed by atoms with Gasteiger partial charge in [-0.2, -0.15) is 0 Å². The molecule has 2 unspecified atom stereocenters. The molecule has 0 aromatic heterocycles. The Kier molecular flexibility index (Phi) is 5.98. The molecule has 19 heavy (non-hydrogen) atoms. The lowest BCUT2D eigenvalue weighted by molar-refractivity contribution is -0.141. The largest absolute Gasteiger partial charge is 0.375 e. The number of nitrogens with zero attached hydrogens (tertiary/aromatic N) is 1. The lowest BCUT2D eigenvalue weighted by Gasteiger charge is -2.38. The Bertz CT molecular complexity index is 295. The molecule has 0 radical (unpaired) electrons. The van der Waals surface area contributed by atoms with Crippen LogP contribution in [0.2, 0.25) is 0 Å². The van der Waals surface area contributed by atoms with E-state index in [9.17, 15) is 4.79 Å². The lowest BCUT2D eigenvalue weighted by atomic mass is 10.1. The van der Waals surface area contributed by atoms with Crippen molar-refractivity contribution in [2.75, 3.05) is 32.0 Å². The van der Waals surface area contributed by atoms with Crippen LogP contribution < -0.4 is 5.32 Å². The number of nitrogens with one attached hydrogen (secondary N) is 1. The Balaban J connectivity index is 1.79. The Labute approximate surface area is 120 Å². The minimum atomic E-state index is 0.177. The SMILES string of the molecule is CCC1COC(C)CN1C(=O)CSC1CCNCC1. The Morgan fingerprint density at radius 1 is 1.42 bits per heavy atom. The van der Waals surface area contributed by atoms with Gasteiger partial charge in [-0.3, -0.25) is 4.79 Å². The zero-order valence-electron chi connectivity index (χ0n) is 12.1. The smallest absolute Gasteiger partial charge is 0.232 e. The van der Waals surface area contributed by atoms with Crippen molar-refractivity contribution in [2.24, 2.45) is 0 Å². The van der Waals surface area contributed by atoms with Crippen molar-refractivity contribution >= 4 is 17.7 Å². The number of hydrogen-bond donors (Lipinski definition) is 1. The van der Waals surface area contributed by atoms with Crippen LogP contribution in [0.25, 0.3) is 0 Å². The second-order valence-corrected chi connectivity index (χ2v) is 6.80. The summed E-state index contributed by atoms with van der Waals surface area (Å²) < 4.78 is 5.65. The second kappa shape index (κ2) is 7.50. The molecule has 0 aliphatic carbocycles. The molecule has 2 aliphatic heterocycles. The van der Waals surface area contributed by atoms with Gasteiger partial charge in [-0.25, -0.2) is 0 Å². The fourth-order valence-electron chi connectivity index (χ4n) is 2.72. The van der Waals surface area contributed by atoms with E-state index in [0.717, 1.165) is 26.1 Å². The molecule has 2 fully saturated rings. The summed E-state index contributed by atoms with van der Waals surface area (Å²) in [6.45, 7) is 7.82. The summed E-state index contributed by atoms with van der Waals surface area (Å²) in [5.74, 6) is 0.930. The number of amides is 1. The summed E-state index contributed by atoms with van der Waals surface area (Å²) in [5.41, 5.74) is 0. The van der Waals surface area contributed by atoms with Crippen LogP contribution in [-0.2, 0) is 9.53 Å². The minimum Gasteiger partial charge on any atom is -0.375 e. The van der Waals surface area contributed by atoms with E-state index in [1.54, 1.807) is 0 Å². The molecule has 2 aliphatic rings. The summed E-state index contributed by atoms with van der Waals surface area (Å²) in [6.07, 6.45) is 3.54. The number of ether oxygens (including phenoxy) is 1. The monoisotopic (exact) mass is 286 g/mol. The molecular formula is C14H26N2O2S. The third kappa shape index (κ3) is 4.36. The maximum Gasteiger partial charge on any atom is 0.232 e. The predicted molar refractivity (Wildman–Crippen MR) is 79.6 cm³/mol. The number of piperidine rings is 1. The lowest BCUT2D eigenvalue weighted by Crippen LogP contribution is -2.52. The predicted octanol–water partition coefficient (Wildman–Crippen LogP) is 1.50. The van der Waals surface area contributed by atoms with E-state index < -0.39 is 0 Å². The molecule has 2 saturated heterocycles. The molecular weight excluding hydrogens is 260 g/mol. The highest BCUT2D eigenvalue weighted by Crippen LogP contribution is 2.22. The molecule has 1 N–H and O–H groups in total. The Morgan fingerprint density at radius 2 is 2.16 bits per heavy atom. The average molecular weight is 286 g/mol. The van der Waals surface area contributed by atoms with Crippen molar-refractivity contribution in [2.45, 2.75) is 50.5 Å². The second-order valence-electron chi connectivity index (χ2n) is 5.51. The molecule has 0 saturated carbocycles. The van der Waals surface area contributed by atoms with E-state index in [0.29, 0.717) is 23.5 Å². The van der Waals surface area contributed by atoms with Crippen molar-refractivity contribution in [1.82, 2.24) is 10.2 Å². The molecule has 0 bridgehead atoms. The first-order valence-electron chi connectivity index (χ1n) is 7.44. The van der Waals surface area contributed by atoms with E-state index in [1.165, 1.54) is 12.8 Å². The van der Waals surface area contributed by atoms with E-state index in [1.807, 2.05) is 23.6 Å². The maximum absolute atomic E-state index is 12.4. The standard InChI is InChI=1S/C14H26N2O2S/c1-3-12-9-18-11(2)8-16(12)14(17)10-19-13-4-6-15-7-5-13/h11-13,15H,3-10H2,1-2H3. The zero-order valence-corrected chi connectivity index (χ0v) is 12.9. The van der Waals surface area contributed by atoms with Crippen molar-refractivity contribution < 1.29 is 9.53 Å². The number of rotatable bonds is 4. The van der Waals surface area contributed by atoms with Gasteiger partial charge in [0.15, 0.2) is 0 Å². The minimum absolute atomic E-state index is 0.177. The van der Waals surface area contributed by atoms with Crippen molar-refractivity contribution in [3.8, 4) is 0 Å². The molecule has 110 valence electrons. The van der Waals surface area contributed by atoms with Crippen LogP contribution in [0.5, 0.6) is 0 Å². The normalized spacial score (nSPS) is 29.5. The first kappa shape index (κ1) is 15.1. The summed E-state index contributed by atoms with van der Waals surface area (Å²) in [6, 6.07) is 0.275. The molecule has 2 heterocycles. The Morgan fingerprint density at radius 3 is 2.84 bits per heavy atom. The van der Waals surface area contributed by atoms with Gasteiger partial charge in [0.2, 0.25) is 5.91 Å². The molecule has 0 aromatic rings. The van der Waals surface area contributed by atoms with Gasteiger partial charge in [0.25, 0.3) is 0 Å². The van der Waals surface area contributed by atoms with Gasteiger partial charge in [0.1, 0.15) is 0 Å². The van der Waals surface area contributed by atoms with Gasteiger partial charge in [0, 0.05) is 11.8 Å². The molecule has 2 rings (SSSR count). The fraction of sp³-hybridized carbons (Fsp3) is 0.929. The zero-order chi connectivity index (χ0) is 13.7. The van der Waals surface area contributed by atoms with Crippen LogP contribution in [0.15, 0.2) is 0 Å². The highest BCUT2D eigenvalue weighted by molar-refractivity contribution is 8.00. The van der Waals surface area contributed by atoms with Gasteiger partial charge in [-0.05, 0) is 39.3 Å². The average Bonchev–Trinajstić information content (AvgIpc) is 2.46. The summed E-state index contributed by atoms with van der Waals surface area (Å²) in [4.78, 5) is 14.4. The van der Waals surface area contributed by atoms with Gasteiger partial charge in [0.05, 0.1) is 24.5 Å². The van der Waals surface area contributed by atoms with Crippen LogP contribution in [0.4, 0.5) is 0 Å². The van der Waals surface area contributed by atoms with Crippen LogP contribution >= 0.6 is 11.8 Å². The van der Waals surface area contributed by atoms with Gasteiger partial charge in [-0.15, -0.1) is 11.8 Å². The summed E-state index contributed by atoms with van der Waals surface area (Å²) in [7, 11) is 0. The first-order chi connectivity index (χ1) is 9.20. The van der Waals surface area contributed by atoms with Gasteiger partial charge < -0.3 is 15.0 Å². The van der Waals surface area contributed by atoms with Crippen LogP contribution in [0.3, 0.4) is 0 Å². The number of carbonyl (C=O) groups is 1. The third-order valence-corrected chi connectivity index (χ3v) is 5.34. The highest BCUT2D eigenvalue weighted by Gasteiger charge is 2.29. The molecule has 5 heteroatoms. The van der Waals surface area contributed by atoms with Gasteiger partial charge >= 0.3 is 0 Å². The van der Waals surface area contributed by atoms with Crippen LogP contribution in [0.1, 0.15) is 33.1 Å². The van der Waals surface area contributed by atoms with E-state index in [2.05, 4.69) is 12.2 Å². The third-order valence-electron chi connectivity index (χ3n) is 3.99. The molecule has 0 spiro atoms. The fourth-order valence-corrected chi connectivity index (χ4v) is 3.84. The topological polar surface area (TPSA) is 41.6 Å². The Hall–Kier alpha value is -0.260. The quantitative estimate of drug-likeness (QED) is 0.850. The van der Waals surface area contributed by atoms with Crippen LogP contribution in [0, 0.1) is 0 Å². The van der Waals surface area contributed by atoms with E-state index in [4.69, 9.17) is 4.74 Å². The number of morpholine rings is 1. The van der Waals surface area contributed by atoms with Crippen molar-refractivity contribution in [3.05, 3.63) is 0 Å². The molecule has 4 nitrogen and oxygen atoms in total. The van der Waals surface area contributed by atoms with E-state index in [-0.39, 0.29) is 12.1 Å². The first-order valence-corrected chi connectivity index (χ1v) is 8.49. The van der Waals surface area contributed by atoms with Crippen LogP contribution in [-0.4, -0.2) is 60.2 Å².